The molecule has 1 saturated heterocycles. The second-order valence-corrected chi connectivity index (χ2v) is 5.76. The van der Waals surface area contributed by atoms with Crippen LogP contribution in [0.4, 0.5) is 0 Å². The number of aliphatic hydroxyl groups is 1. The third-order valence-corrected chi connectivity index (χ3v) is 3.83. The van der Waals surface area contributed by atoms with Gasteiger partial charge in [0, 0.05) is 32.0 Å². The molecule has 0 aliphatic carbocycles. The minimum atomic E-state index is -0.515. The van der Waals surface area contributed by atoms with Crippen LogP contribution in [0.2, 0.25) is 0 Å². The van der Waals surface area contributed by atoms with Crippen molar-refractivity contribution in [2.45, 2.75) is 18.8 Å². The molecular weight excluding hydrogens is 294 g/mol. The van der Waals surface area contributed by atoms with Crippen molar-refractivity contribution in [3.05, 3.63) is 48.8 Å². The molecule has 1 aromatic heterocycles. The molecule has 0 bridgehead atoms. The number of rotatable bonds is 7. The molecular formula is C17H23N3O3. The Bertz CT molecular complexity index is 562. The summed E-state index contributed by atoms with van der Waals surface area (Å²) in [4.78, 5) is 2.22. The van der Waals surface area contributed by atoms with Gasteiger partial charge in [0.25, 0.3) is 0 Å². The zero-order chi connectivity index (χ0) is 15.9. The Balaban J connectivity index is 1.41. The maximum absolute atomic E-state index is 10.2. The van der Waals surface area contributed by atoms with Crippen molar-refractivity contribution in [1.29, 1.82) is 0 Å². The Kier molecular flexibility index (Phi) is 5.63. The van der Waals surface area contributed by atoms with Gasteiger partial charge in [0.05, 0.1) is 19.3 Å². The van der Waals surface area contributed by atoms with Crippen LogP contribution in [-0.4, -0.2) is 64.8 Å². The molecule has 1 N–H and O–H groups in total. The number of aromatic nitrogens is 2. The van der Waals surface area contributed by atoms with Gasteiger partial charge in [-0.2, -0.15) is 5.10 Å². The normalized spacial score (nSPS) is 20.3. The highest BCUT2D eigenvalue weighted by molar-refractivity contribution is 5.20. The van der Waals surface area contributed by atoms with E-state index in [0.29, 0.717) is 19.8 Å². The Morgan fingerprint density at radius 3 is 2.96 bits per heavy atom. The third-order valence-electron chi connectivity index (χ3n) is 3.83. The van der Waals surface area contributed by atoms with Gasteiger partial charge >= 0.3 is 0 Å². The predicted molar refractivity (Wildman–Crippen MR) is 86.4 cm³/mol. The number of hydrogen-bond acceptors (Lipinski definition) is 5. The molecule has 2 heterocycles. The minimum absolute atomic E-state index is 0.103. The lowest BCUT2D eigenvalue weighted by Crippen LogP contribution is -2.47. The Labute approximate surface area is 136 Å². The summed E-state index contributed by atoms with van der Waals surface area (Å²) in [6, 6.07) is 11.5. The summed E-state index contributed by atoms with van der Waals surface area (Å²) in [6.07, 6.45) is 3.29. The van der Waals surface area contributed by atoms with E-state index in [1.807, 2.05) is 47.3 Å². The van der Waals surface area contributed by atoms with E-state index < -0.39 is 6.10 Å². The van der Waals surface area contributed by atoms with E-state index in [0.717, 1.165) is 25.4 Å². The van der Waals surface area contributed by atoms with Crippen molar-refractivity contribution < 1.29 is 14.6 Å². The number of β-amino-alcohol motifs (C(OH)–C–C–N with tert-alkyl or cyclic N) is 1. The third kappa shape index (κ3) is 5.06. The Morgan fingerprint density at radius 1 is 1.30 bits per heavy atom. The van der Waals surface area contributed by atoms with Gasteiger partial charge in [-0.1, -0.05) is 18.2 Å². The smallest absolute Gasteiger partial charge is 0.119 e. The van der Waals surface area contributed by atoms with E-state index >= 15 is 0 Å². The lowest BCUT2D eigenvalue weighted by Gasteiger charge is -2.33. The summed E-state index contributed by atoms with van der Waals surface area (Å²) in [5.74, 6) is 0.782. The summed E-state index contributed by atoms with van der Waals surface area (Å²) in [5, 5.41) is 14.4. The Hall–Kier alpha value is -1.89. The van der Waals surface area contributed by atoms with Crippen LogP contribution in [0.15, 0.2) is 48.8 Å². The van der Waals surface area contributed by atoms with Gasteiger partial charge < -0.3 is 14.6 Å². The summed E-state index contributed by atoms with van der Waals surface area (Å²) in [7, 11) is 0. The van der Waals surface area contributed by atoms with Crippen LogP contribution in [-0.2, 0) is 11.3 Å². The molecule has 0 amide bonds. The standard InChI is InChI=1S/C17H23N3O3/c21-15(14-23-16-5-2-1-3-6-16)11-19-9-10-22-17(12-19)13-20-8-4-7-18-20/h1-8,15,17,21H,9-14H2/t15-,17+/m1/s1. The van der Waals surface area contributed by atoms with E-state index in [1.165, 1.54) is 0 Å². The van der Waals surface area contributed by atoms with E-state index in [2.05, 4.69) is 10.00 Å². The van der Waals surface area contributed by atoms with Crippen molar-refractivity contribution in [2.24, 2.45) is 0 Å². The first kappa shape index (κ1) is 16.0. The van der Waals surface area contributed by atoms with Gasteiger partial charge in [-0.15, -0.1) is 0 Å². The van der Waals surface area contributed by atoms with Crippen molar-refractivity contribution >= 4 is 0 Å². The summed E-state index contributed by atoms with van der Waals surface area (Å²) < 4.78 is 13.3. The fourth-order valence-electron chi connectivity index (χ4n) is 2.73. The maximum Gasteiger partial charge on any atom is 0.119 e. The summed E-state index contributed by atoms with van der Waals surface area (Å²) >= 11 is 0. The van der Waals surface area contributed by atoms with E-state index in [-0.39, 0.29) is 6.10 Å². The molecule has 0 radical (unpaired) electrons. The molecule has 3 rings (SSSR count). The summed E-state index contributed by atoms with van der Waals surface area (Å²) in [5.41, 5.74) is 0. The number of benzene rings is 1. The van der Waals surface area contributed by atoms with Gasteiger partial charge in [0.1, 0.15) is 18.5 Å². The van der Waals surface area contributed by atoms with Crippen LogP contribution in [0.3, 0.4) is 0 Å². The minimum Gasteiger partial charge on any atom is -0.491 e. The maximum atomic E-state index is 10.2. The largest absolute Gasteiger partial charge is 0.491 e. The molecule has 1 aliphatic heterocycles. The van der Waals surface area contributed by atoms with Crippen LogP contribution >= 0.6 is 0 Å². The fraction of sp³-hybridized carbons (Fsp3) is 0.471. The van der Waals surface area contributed by atoms with E-state index in [4.69, 9.17) is 9.47 Å². The number of morpholine rings is 1. The zero-order valence-corrected chi connectivity index (χ0v) is 13.1. The molecule has 1 aliphatic rings. The average molecular weight is 317 g/mol. The van der Waals surface area contributed by atoms with Crippen LogP contribution in [0.25, 0.3) is 0 Å². The molecule has 6 heteroatoms. The molecule has 2 aromatic rings. The van der Waals surface area contributed by atoms with E-state index in [9.17, 15) is 5.11 Å². The molecule has 1 aromatic carbocycles. The molecule has 0 saturated carbocycles. The SMILES string of the molecule is O[C@@H](COc1ccccc1)CN1CCO[C@H](Cn2cccn2)C1. The molecule has 0 spiro atoms. The van der Waals surface area contributed by atoms with Crippen LogP contribution in [0, 0.1) is 0 Å². The second kappa shape index (κ2) is 8.10. The lowest BCUT2D eigenvalue weighted by molar-refractivity contribution is -0.0517. The quantitative estimate of drug-likeness (QED) is 0.826. The fourth-order valence-corrected chi connectivity index (χ4v) is 2.73. The first-order chi connectivity index (χ1) is 11.3. The highest BCUT2D eigenvalue weighted by Crippen LogP contribution is 2.11. The first-order valence-electron chi connectivity index (χ1n) is 7.97. The monoisotopic (exact) mass is 317 g/mol. The van der Waals surface area contributed by atoms with Gasteiger partial charge in [-0.3, -0.25) is 9.58 Å². The van der Waals surface area contributed by atoms with Crippen molar-refractivity contribution in [3.8, 4) is 5.75 Å². The highest BCUT2D eigenvalue weighted by Gasteiger charge is 2.23. The van der Waals surface area contributed by atoms with Crippen LogP contribution in [0.5, 0.6) is 5.75 Å². The lowest BCUT2D eigenvalue weighted by atomic mass is 10.2. The molecule has 6 nitrogen and oxygen atoms in total. The number of ether oxygens (including phenoxy) is 2. The van der Waals surface area contributed by atoms with Crippen molar-refractivity contribution in [2.75, 3.05) is 32.8 Å². The molecule has 23 heavy (non-hydrogen) atoms. The van der Waals surface area contributed by atoms with Gasteiger partial charge in [0.15, 0.2) is 0 Å². The number of para-hydroxylation sites is 1. The summed E-state index contributed by atoms with van der Waals surface area (Å²) in [6.45, 7) is 3.93. The average Bonchev–Trinajstić information content (AvgIpc) is 3.07. The van der Waals surface area contributed by atoms with Crippen LogP contribution < -0.4 is 4.74 Å². The number of hydrogen-bond donors (Lipinski definition) is 1. The molecule has 0 unspecified atom stereocenters. The molecule has 1 fully saturated rings. The molecule has 2 atom stereocenters. The zero-order valence-electron chi connectivity index (χ0n) is 13.1. The van der Waals surface area contributed by atoms with E-state index in [1.54, 1.807) is 6.20 Å². The second-order valence-electron chi connectivity index (χ2n) is 5.76. The first-order valence-corrected chi connectivity index (χ1v) is 7.97. The van der Waals surface area contributed by atoms with Gasteiger partial charge in [0.2, 0.25) is 0 Å². The van der Waals surface area contributed by atoms with Gasteiger partial charge in [-0.05, 0) is 18.2 Å². The predicted octanol–water partition coefficient (Wildman–Crippen LogP) is 1.02. The van der Waals surface area contributed by atoms with Crippen LogP contribution in [0.1, 0.15) is 0 Å². The number of aliphatic hydroxyl groups excluding tert-OH is 1. The Morgan fingerprint density at radius 2 is 2.17 bits per heavy atom. The number of nitrogens with zero attached hydrogens (tertiary/aromatic N) is 3. The van der Waals surface area contributed by atoms with Gasteiger partial charge in [-0.25, -0.2) is 0 Å². The molecule has 124 valence electrons. The topological polar surface area (TPSA) is 59.8 Å². The highest BCUT2D eigenvalue weighted by atomic mass is 16.5. The van der Waals surface area contributed by atoms with Crippen molar-refractivity contribution in [1.82, 2.24) is 14.7 Å². The van der Waals surface area contributed by atoms with Crippen molar-refractivity contribution in [3.63, 3.8) is 0 Å².